The summed E-state index contributed by atoms with van der Waals surface area (Å²) in [4.78, 5) is 0. The van der Waals surface area contributed by atoms with E-state index in [0.717, 1.165) is 15.8 Å². The lowest BCUT2D eigenvalue weighted by Gasteiger charge is -1.97. The molecule has 0 aromatic carbocycles. The van der Waals surface area contributed by atoms with E-state index >= 15 is 0 Å². The lowest BCUT2D eigenvalue weighted by atomic mass is 10.7. The van der Waals surface area contributed by atoms with Crippen LogP contribution in [-0.2, 0) is 17.8 Å². The first kappa shape index (κ1) is 16.4. The molecule has 0 aliphatic rings. The molecular weight excluding hydrogens is 380 g/mol. The summed E-state index contributed by atoms with van der Waals surface area (Å²) in [6.45, 7) is 2.20. The van der Waals surface area contributed by atoms with Crippen LogP contribution in [0.25, 0.3) is 0 Å². The molecule has 0 amide bonds. The average Bonchev–Trinajstić information content (AvgIpc) is 2.97. The van der Waals surface area contributed by atoms with Gasteiger partial charge >= 0.3 is 0 Å². The summed E-state index contributed by atoms with van der Waals surface area (Å²) < 4.78 is 10.0. The maximum atomic E-state index is 8.45. The molecule has 0 saturated heterocycles. The van der Waals surface area contributed by atoms with E-state index in [0.29, 0.717) is 13.2 Å². The third kappa shape index (κ3) is 6.86. The Morgan fingerprint density at radius 1 is 1.11 bits per heavy atom. The molecule has 2 aromatic heterocycles. The summed E-state index contributed by atoms with van der Waals surface area (Å²) in [5.74, 6) is 0. The minimum atomic E-state index is 0.133. The molecule has 19 heavy (non-hydrogen) atoms. The number of aliphatic hydroxyl groups is 1. The first-order valence-electron chi connectivity index (χ1n) is 5.63. The summed E-state index contributed by atoms with van der Waals surface area (Å²) in [5.41, 5.74) is 0. The molecule has 0 aliphatic heterocycles. The number of ether oxygens (including phenoxy) is 1. The van der Waals surface area contributed by atoms with Crippen LogP contribution in [0.1, 0.15) is 0 Å². The number of methoxy groups -OCH3 is 1. The van der Waals surface area contributed by atoms with Crippen molar-refractivity contribution in [3.05, 3.63) is 33.7 Å². The van der Waals surface area contributed by atoms with Crippen LogP contribution in [-0.4, -0.2) is 45.0 Å². The second kappa shape index (κ2) is 9.24. The molecule has 0 fully saturated rings. The van der Waals surface area contributed by atoms with Crippen LogP contribution in [0.5, 0.6) is 0 Å². The van der Waals surface area contributed by atoms with Gasteiger partial charge in [0.15, 0.2) is 0 Å². The number of aliphatic hydroxyl groups excluding tert-OH is 1. The zero-order chi connectivity index (χ0) is 14.1. The van der Waals surface area contributed by atoms with Crippen LogP contribution < -0.4 is 0 Å². The Labute approximate surface area is 128 Å². The van der Waals surface area contributed by atoms with Crippen LogP contribution in [0.15, 0.2) is 33.7 Å². The predicted octanol–water partition coefficient (Wildman–Crippen LogP) is 1.93. The molecule has 0 spiro atoms. The molecule has 0 unspecified atom stereocenters. The number of aromatic nitrogens is 4. The van der Waals surface area contributed by atoms with E-state index in [1.165, 1.54) is 0 Å². The number of halogens is 2. The number of nitrogens with zero attached hydrogens (tertiary/aromatic N) is 4. The standard InChI is InChI=1S/C6H9BrN2O.C5H7BrN2O/c1-10-5-4-9-3-2-6(7)8-9;6-5-1-2-8(7-5)3-4-9/h2-3H,4-5H2,1H3;1-2,9H,3-4H2. The highest BCUT2D eigenvalue weighted by Crippen LogP contribution is 2.03. The van der Waals surface area contributed by atoms with Crippen molar-refractivity contribution < 1.29 is 9.84 Å². The summed E-state index contributed by atoms with van der Waals surface area (Å²) in [6, 6.07) is 3.73. The van der Waals surface area contributed by atoms with E-state index in [2.05, 4.69) is 42.1 Å². The molecule has 1 N–H and O–H groups in total. The van der Waals surface area contributed by atoms with E-state index < -0.39 is 0 Å². The van der Waals surface area contributed by atoms with Crippen molar-refractivity contribution in [2.24, 2.45) is 0 Å². The molecule has 0 aliphatic carbocycles. The van der Waals surface area contributed by atoms with Gasteiger partial charge in [-0.3, -0.25) is 9.36 Å². The van der Waals surface area contributed by atoms with Crippen LogP contribution in [0.4, 0.5) is 0 Å². The van der Waals surface area contributed by atoms with E-state index in [1.807, 2.05) is 23.0 Å². The van der Waals surface area contributed by atoms with Crippen molar-refractivity contribution in [3.63, 3.8) is 0 Å². The SMILES string of the molecule is COCCn1ccc(Br)n1.OCCn1ccc(Br)n1. The maximum Gasteiger partial charge on any atom is 0.128 e. The van der Waals surface area contributed by atoms with Crippen LogP contribution in [0.2, 0.25) is 0 Å². The normalized spacial score (nSPS) is 10.1. The molecule has 2 aromatic rings. The van der Waals surface area contributed by atoms with Crippen molar-refractivity contribution in [3.8, 4) is 0 Å². The average molecular weight is 396 g/mol. The Balaban J connectivity index is 0.000000191. The molecule has 0 bridgehead atoms. The molecule has 0 radical (unpaired) electrons. The van der Waals surface area contributed by atoms with Crippen LogP contribution in [0.3, 0.4) is 0 Å². The molecule has 0 saturated carbocycles. The molecule has 106 valence electrons. The fourth-order valence-corrected chi connectivity index (χ4v) is 1.85. The van der Waals surface area contributed by atoms with E-state index in [9.17, 15) is 0 Å². The number of hydrogen-bond acceptors (Lipinski definition) is 4. The van der Waals surface area contributed by atoms with Gasteiger partial charge in [0.05, 0.1) is 26.3 Å². The van der Waals surface area contributed by atoms with Gasteiger partial charge in [0, 0.05) is 19.5 Å². The molecule has 2 rings (SSSR count). The van der Waals surface area contributed by atoms with Crippen LogP contribution >= 0.6 is 31.9 Å². The van der Waals surface area contributed by atoms with Gasteiger partial charge in [-0.25, -0.2) is 0 Å². The van der Waals surface area contributed by atoms with Gasteiger partial charge in [-0.2, -0.15) is 10.2 Å². The van der Waals surface area contributed by atoms with Crippen molar-refractivity contribution in [2.75, 3.05) is 20.3 Å². The van der Waals surface area contributed by atoms with Crippen LogP contribution in [0, 0.1) is 0 Å². The summed E-state index contributed by atoms with van der Waals surface area (Å²) in [6.07, 6.45) is 3.71. The first-order valence-corrected chi connectivity index (χ1v) is 7.22. The van der Waals surface area contributed by atoms with Gasteiger partial charge in [-0.15, -0.1) is 0 Å². The highest BCUT2D eigenvalue weighted by Gasteiger charge is 1.92. The first-order chi connectivity index (χ1) is 9.15. The largest absolute Gasteiger partial charge is 0.394 e. The molecule has 0 atom stereocenters. The van der Waals surface area contributed by atoms with Crippen molar-refractivity contribution >= 4 is 31.9 Å². The quantitative estimate of drug-likeness (QED) is 0.839. The predicted molar refractivity (Wildman–Crippen MR) is 78.8 cm³/mol. The smallest absolute Gasteiger partial charge is 0.128 e. The zero-order valence-corrected chi connectivity index (χ0v) is 13.7. The Bertz CT molecular complexity index is 473. The molecule has 8 heteroatoms. The lowest BCUT2D eigenvalue weighted by molar-refractivity contribution is 0.183. The highest BCUT2D eigenvalue weighted by molar-refractivity contribution is 9.10. The Hall–Kier alpha value is -0.700. The van der Waals surface area contributed by atoms with Gasteiger partial charge in [0.1, 0.15) is 9.21 Å². The maximum absolute atomic E-state index is 8.45. The minimum Gasteiger partial charge on any atom is -0.394 e. The number of hydrogen-bond donors (Lipinski definition) is 1. The minimum absolute atomic E-state index is 0.133. The van der Waals surface area contributed by atoms with Gasteiger partial charge in [0.25, 0.3) is 0 Å². The Morgan fingerprint density at radius 2 is 1.63 bits per heavy atom. The molecule has 2 heterocycles. The topological polar surface area (TPSA) is 65.1 Å². The number of rotatable bonds is 5. The zero-order valence-electron chi connectivity index (χ0n) is 10.5. The summed E-state index contributed by atoms with van der Waals surface area (Å²) >= 11 is 6.44. The Morgan fingerprint density at radius 3 is 2.00 bits per heavy atom. The molecular formula is C11H16Br2N4O2. The fraction of sp³-hybridized carbons (Fsp3) is 0.455. The van der Waals surface area contributed by atoms with Crippen molar-refractivity contribution in [2.45, 2.75) is 13.1 Å². The third-order valence-corrected chi connectivity index (χ3v) is 2.92. The van der Waals surface area contributed by atoms with Gasteiger partial charge in [0.2, 0.25) is 0 Å². The summed E-state index contributed by atoms with van der Waals surface area (Å²) in [5, 5.41) is 16.5. The Kier molecular flexibility index (Phi) is 7.96. The molecule has 6 nitrogen and oxygen atoms in total. The van der Waals surface area contributed by atoms with E-state index in [4.69, 9.17) is 9.84 Å². The monoisotopic (exact) mass is 394 g/mol. The fourth-order valence-electron chi connectivity index (χ4n) is 1.21. The van der Waals surface area contributed by atoms with Gasteiger partial charge < -0.3 is 9.84 Å². The van der Waals surface area contributed by atoms with Gasteiger partial charge in [-0.05, 0) is 44.0 Å². The van der Waals surface area contributed by atoms with Gasteiger partial charge in [-0.1, -0.05) is 0 Å². The van der Waals surface area contributed by atoms with Crippen molar-refractivity contribution in [1.29, 1.82) is 0 Å². The summed E-state index contributed by atoms with van der Waals surface area (Å²) in [7, 11) is 1.68. The second-order valence-electron chi connectivity index (χ2n) is 3.52. The van der Waals surface area contributed by atoms with E-state index in [-0.39, 0.29) is 6.61 Å². The lowest BCUT2D eigenvalue weighted by Crippen LogP contribution is -2.03. The van der Waals surface area contributed by atoms with E-state index in [1.54, 1.807) is 18.0 Å². The second-order valence-corrected chi connectivity index (χ2v) is 5.14. The van der Waals surface area contributed by atoms with Crippen molar-refractivity contribution in [1.82, 2.24) is 19.6 Å². The highest BCUT2D eigenvalue weighted by atomic mass is 79.9. The third-order valence-electron chi connectivity index (χ3n) is 2.07.